The van der Waals surface area contributed by atoms with E-state index in [0.29, 0.717) is 0 Å². The zero-order chi connectivity index (χ0) is 30.6. The summed E-state index contributed by atoms with van der Waals surface area (Å²) in [6.45, 7) is 4.67. The fourth-order valence-electron chi connectivity index (χ4n) is 7.88. The van der Waals surface area contributed by atoms with E-state index >= 15 is 0 Å². The minimum absolute atomic E-state index is 0.0905. The lowest BCUT2D eigenvalue weighted by atomic mass is 9.82. The lowest BCUT2D eigenvalue weighted by molar-refractivity contribution is 0.660. The largest absolute Gasteiger partial charge is 0.455 e. The SMILES string of the molecule is CC1(C)c2ccccc2-c2ccc(N(c3ccccc3)c3ccc4c(c3)oc3c4c4ccccc4c4oc5ccccc5c43)cc21. The molecule has 218 valence electrons. The predicted octanol–water partition coefficient (Wildman–Crippen LogP) is 12.4. The minimum Gasteiger partial charge on any atom is -0.455 e. The van der Waals surface area contributed by atoms with Gasteiger partial charge >= 0.3 is 0 Å². The zero-order valence-corrected chi connectivity index (χ0v) is 25.5. The lowest BCUT2D eigenvalue weighted by Gasteiger charge is -2.28. The van der Waals surface area contributed by atoms with E-state index in [0.717, 1.165) is 71.7 Å². The van der Waals surface area contributed by atoms with Crippen molar-refractivity contribution in [3.8, 4) is 11.1 Å². The zero-order valence-electron chi connectivity index (χ0n) is 25.5. The van der Waals surface area contributed by atoms with E-state index in [1.165, 1.54) is 22.3 Å². The third-order valence-corrected chi connectivity index (χ3v) is 10.0. The van der Waals surface area contributed by atoms with Crippen LogP contribution in [-0.2, 0) is 5.41 Å². The number of benzene rings is 7. The average Bonchev–Trinajstić information content (AvgIpc) is 3.74. The molecule has 0 fully saturated rings. The maximum absolute atomic E-state index is 6.87. The second-order valence-electron chi connectivity index (χ2n) is 12.9. The molecule has 2 heterocycles. The van der Waals surface area contributed by atoms with Crippen LogP contribution in [-0.4, -0.2) is 0 Å². The van der Waals surface area contributed by atoms with E-state index in [1.807, 2.05) is 12.1 Å². The first kappa shape index (κ1) is 25.5. The summed E-state index contributed by atoms with van der Waals surface area (Å²) >= 11 is 0. The summed E-state index contributed by atoms with van der Waals surface area (Å²) in [4.78, 5) is 2.34. The number of anilines is 3. The fourth-order valence-corrected chi connectivity index (χ4v) is 7.88. The van der Waals surface area contributed by atoms with Crippen molar-refractivity contribution < 1.29 is 8.83 Å². The Bertz CT molecular complexity index is 2670. The first-order valence-corrected chi connectivity index (χ1v) is 15.9. The van der Waals surface area contributed by atoms with Crippen molar-refractivity contribution in [2.24, 2.45) is 0 Å². The van der Waals surface area contributed by atoms with Crippen molar-refractivity contribution in [3.63, 3.8) is 0 Å². The molecular formula is C43H29NO2. The molecule has 3 heteroatoms. The number of hydrogen-bond donors (Lipinski definition) is 0. The van der Waals surface area contributed by atoms with E-state index in [4.69, 9.17) is 8.83 Å². The number of fused-ring (bicyclic) bond motifs is 13. The molecule has 0 atom stereocenters. The molecule has 7 aromatic carbocycles. The highest BCUT2D eigenvalue weighted by atomic mass is 16.3. The molecular weight excluding hydrogens is 562 g/mol. The molecule has 0 saturated heterocycles. The lowest BCUT2D eigenvalue weighted by Crippen LogP contribution is -2.16. The van der Waals surface area contributed by atoms with Crippen molar-refractivity contribution in [2.45, 2.75) is 19.3 Å². The number of nitrogens with zero attached hydrogens (tertiary/aromatic N) is 1. The van der Waals surface area contributed by atoms with Gasteiger partial charge in [0.15, 0.2) is 0 Å². The molecule has 10 rings (SSSR count). The summed E-state index contributed by atoms with van der Waals surface area (Å²) in [7, 11) is 0. The van der Waals surface area contributed by atoms with Gasteiger partial charge in [0.1, 0.15) is 22.3 Å². The molecule has 0 saturated carbocycles. The Hall–Kier alpha value is -5.80. The average molecular weight is 592 g/mol. The summed E-state index contributed by atoms with van der Waals surface area (Å²) in [5, 5.41) is 6.55. The Morgan fingerprint density at radius 2 is 1.07 bits per heavy atom. The molecule has 1 aliphatic rings. The number of rotatable bonds is 3. The number of furan rings is 2. The van der Waals surface area contributed by atoms with Crippen LogP contribution in [0.3, 0.4) is 0 Å². The monoisotopic (exact) mass is 591 g/mol. The van der Waals surface area contributed by atoms with E-state index in [9.17, 15) is 0 Å². The van der Waals surface area contributed by atoms with Gasteiger partial charge in [-0.2, -0.15) is 0 Å². The molecule has 0 spiro atoms. The maximum atomic E-state index is 6.87. The summed E-state index contributed by atoms with van der Waals surface area (Å²) in [5.41, 5.74) is 12.0. The Kier molecular flexibility index (Phi) is 5.06. The summed E-state index contributed by atoms with van der Waals surface area (Å²) in [6, 6.07) is 49.7. The number of para-hydroxylation sites is 2. The highest BCUT2D eigenvalue weighted by Gasteiger charge is 2.35. The van der Waals surface area contributed by atoms with Gasteiger partial charge in [0.25, 0.3) is 0 Å². The second kappa shape index (κ2) is 9.12. The van der Waals surface area contributed by atoms with Crippen LogP contribution in [0.15, 0.2) is 148 Å². The maximum Gasteiger partial charge on any atom is 0.147 e. The van der Waals surface area contributed by atoms with Crippen LogP contribution in [0.2, 0.25) is 0 Å². The van der Waals surface area contributed by atoms with Gasteiger partial charge in [-0.05, 0) is 70.1 Å². The molecule has 0 unspecified atom stereocenters. The molecule has 9 aromatic rings. The van der Waals surface area contributed by atoms with Gasteiger partial charge in [-0.3, -0.25) is 0 Å². The molecule has 0 radical (unpaired) electrons. The molecule has 0 aliphatic heterocycles. The van der Waals surface area contributed by atoms with Crippen LogP contribution in [0.4, 0.5) is 17.1 Å². The number of hydrogen-bond acceptors (Lipinski definition) is 3. The third-order valence-electron chi connectivity index (χ3n) is 10.0. The molecule has 1 aliphatic carbocycles. The topological polar surface area (TPSA) is 29.5 Å². The van der Waals surface area contributed by atoms with E-state index < -0.39 is 0 Å². The quantitative estimate of drug-likeness (QED) is 0.205. The van der Waals surface area contributed by atoms with Crippen molar-refractivity contribution in [2.75, 3.05) is 4.90 Å². The van der Waals surface area contributed by atoms with Crippen LogP contribution in [0.25, 0.3) is 65.8 Å². The fraction of sp³-hybridized carbons (Fsp3) is 0.0698. The van der Waals surface area contributed by atoms with Gasteiger partial charge < -0.3 is 13.7 Å². The van der Waals surface area contributed by atoms with Crippen molar-refractivity contribution in [3.05, 3.63) is 151 Å². The molecule has 46 heavy (non-hydrogen) atoms. The Morgan fingerprint density at radius 3 is 1.93 bits per heavy atom. The Morgan fingerprint density at radius 1 is 0.435 bits per heavy atom. The van der Waals surface area contributed by atoms with Crippen molar-refractivity contribution >= 4 is 71.7 Å². The van der Waals surface area contributed by atoms with Crippen LogP contribution in [0.1, 0.15) is 25.0 Å². The molecule has 0 N–H and O–H groups in total. The minimum atomic E-state index is -0.0905. The van der Waals surface area contributed by atoms with Crippen LogP contribution in [0.5, 0.6) is 0 Å². The Labute approximate surface area is 265 Å². The van der Waals surface area contributed by atoms with E-state index in [-0.39, 0.29) is 5.41 Å². The van der Waals surface area contributed by atoms with Gasteiger partial charge in [-0.15, -0.1) is 0 Å². The van der Waals surface area contributed by atoms with Crippen LogP contribution in [0, 0.1) is 0 Å². The van der Waals surface area contributed by atoms with Gasteiger partial charge in [0, 0.05) is 50.1 Å². The van der Waals surface area contributed by atoms with Gasteiger partial charge in [0.2, 0.25) is 0 Å². The summed E-state index contributed by atoms with van der Waals surface area (Å²) in [6.07, 6.45) is 0. The molecule has 0 bridgehead atoms. The van der Waals surface area contributed by atoms with Gasteiger partial charge in [0.05, 0.1) is 5.39 Å². The van der Waals surface area contributed by atoms with Gasteiger partial charge in [-0.1, -0.05) is 105 Å². The first-order chi connectivity index (χ1) is 22.6. The van der Waals surface area contributed by atoms with Crippen LogP contribution < -0.4 is 4.90 Å². The second-order valence-corrected chi connectivity index (χ2v) is 12.9. The molecule has 3 nitrogen and oxygen atoms in total. The van der Waals surface area contributed by atoms with Crippen molar-refractivity contribution in [1.82, 2.24) is 0 Å². The highest BCUT2D eigenvalue weighted by Crippen LogP contribution is 2.51. The van der Waals surface area contributed by atoms with E-state index in [2.05, 4.69) is 146 Å². The van der Waals surface area contributed by atoms with Gasteiger partial charge in [-0.25, -0.2) is 0 Å². The summed E-state index contributed by atoms with van der Waals surface area (Å²) < 4.78 is 13.3. The highest BCUT2D eigenvalue weighted by molar-refractivity contribution is 6.33. The smallest absolute Gasteiger partial charge is 0.147 e. The summed E-state index contributed by atoms with van der Waals surface area (Å²) in [5.74, 6) is 0. The molecule has 2 aromatic heterocycles. The normalized spacial score (nSPS) is 13.6. The van der Waals surface area contributed by atoms with Crippen LogP contribution >= 0.6 is 0 Å². The Balaban J connectivity index is 1.23. The molecule has 0 amide bonds. The standard InChI is InChI=1S/C43H29NO2/c1-43(2)35-18-10-8-14-29(35)30-22-20-27(24-36(30)43)44(26-12-4-3-5-13-26)28-21-23-34-38(25-28)46-42-39(34)31-15-6-7-16-32(31)41-40(42)33-17-9-11-19-37(33)45-41/h3-25H,1-2H3. The van der Waals surface area contributed by atoms with E-state index in [1.54, 1.807) is 0 Å². The first-order valence-electron chi connectivity index (χ1n) is 15.9. The van der Waals surface area contributed by atoms with Crippen molar-refractivity contribution in [1.29, 1.82) is 0 Å². The third kappa shape index (κ3) is 3.37. The predicted molar refractivity (Wildman–Crippen MR) is 191 cm³/mol.